The fourth-order valence-electron chi connectivity index (χ4n) is 4.46. The average Bonchev–Trinajstić information content (AvgIpc) is 3.30. The lowest BCUT2D eigenvalue weighted by Crippen LogP contribution is -2.32. The minimum Gasteiger partial charge on any atom is -0.462 e. The van der Waals surface area contributed by atoms with Crippen LogP contribution in [0.1, 0.15) is 62.3 Å². The summed E-state index contributed by atoms with van der Waals surface area (Å²) in [6.07, 6.45) is -1.00. The van der Waals surface area contributed by atoms with Crippen LogP contribution in [0, 0.1) is 0 Å². The number of anilines is 2. The zero-order valence-corrected chi connectivity index (χ0v) is 24.0. The van der Waals surface area contributed by atoms with Gasteiger partial charge in [-0.15, -0.1) is 0 Å². The first-order chi connectivity index (χ1) is 19.3. The first-order valence-electron chi connectivity index (χ1n) is 13.0. The normalized spacial score (nSPS) is 15.6. The summed E-state index contributed by atoms with van der Waals surface area (Å²) in [7, 11) is 3.36. The number of esters is 1. The zero-order valence-electron chi connectivity index (χ0n) is 24.0. The molecule has 0 bridgehead atoms. The Balaban J connectivity index is 0.000000291. The Kier molecular flexibility index (Phi) is 11.7. The van der Waals surface area contributed by atoms with Crippen LogP contribution in [0.15, 0.2) is 48.2 Å². The van der Waals surface area contributed by atoms with Gasteiger partial charge < -0.3 is 19.2 Å². The van der Waals surface area contributed by atoms with Crippen LogP contribution in [-0.2, 0) is 43.1 Å². The molecule has 1 amide bonds. The van der Waals surface area contributed by atoms with Gasteiger partial charge in [0.15, 0.2) is 5.78 Å². The number of carbonyl (C=O) groups is 4. The van der Waals surface area contributed by atoms with E-state index in [0.29, 0.717) is 12.0 Å². The average molecular weight is 577 g/mol. The van der Waals surface area contributed by atoms with Gasteiger partial charge in [-0.25, -0.2) is 9.59 Å². The van der Waals surface area contributed by atoms with Crippen LogP contribution in [0.3, 0.4) is 0 Å². The monoisotopic (exact) mass is 576 g/mol. The number of alkyl halides is 3. The van der Waals surface area contributed by atoms with Crippen molar-refractivity contribution in [1.29, 1.82) is 0 Å². The zero-order chi connectivity index (χ0) is 30.9. The van der Waals surface area contributed by atoms with Crippen molar-refractivity contribution in [2.24, 2.45) is 0 Å². The molecule has 0 aromatic heterocycles. The van der Waals surface area contributed by atoms with Crippen molar-refractivity contribution in [3.8, 4) is 0 Å². The number of ether oxygens (including phenoxy) is 2. The summed E-state index contributed by atoms with van der Waals surface area (Å²) >= 11 is 0. The van der Waals surface area contributed by atoms with E-state index in [2.05, 4.69) is 0 Å². The molecular weight excluding hydrogens is 541 g/mol. The molecule has 1 heterocycles. The Morgan fingerprint density at radius 3 is 2.46 bits per heavy atom. The maximum atomic E-state index is 12.6. The second-order valence-corrected chi connectivity index (χ2v) is 9.40. The van der Waals surface area contributed by atoms with Crippen molar-refractivity contribution in [2.75, 3.05) is 30.5 Å². The van der Waals surface area contributed by atoms with Gasteiger partial charge in [0.1, 0.15) is 18.5 Å². The van der Waals surface area contributed by atoms with Crippen molar-refractivity contribution < 1.29 is 41.8 Å². The van der Waals surface area contributed by atoms with E-state index in [4.69, 9.17) is 14.3 Å². The number of rotatable bonds is 5. The molecule has 1 aliphatic carbocycles. The van der Waals surface area contributed by atoms with Crippen LogP contribution in [-0.4, -0.2) is 44.8 Å². The Hall–Kier alpha value is -4.15. The van der Waals surface area contributed by atoms with Gasteiger partial charge in [-0.2, -0.15) is 13.2 Å². The third-order valence-corrected chi connectivity index (χ3v) is 6.53. The number of carbonyl (C=O) groups excluding carboxylic acids is 4. The quantitative estimate of drug-likeness (QED) is 0.137. The van der Waals surface area contributed by atoms with E-state index >= 15 is 0 Å². The number of fused-ring (bicyclic) bond motifs is 2. The number of ketones is 1. The SMILES string of the molecule is CC1CCc2c1cccc2C(F)(F)F.CC=O.CCOC(=O)/C(=C/N(C)c1ccc2c(c1)COC(=O)N2C)C(C)=O. The smallest absolute Gasteiger partial charge is 0.416 e. The van der Waals surface area contributed by atoms with Gasteiger partial charge in [-0.3, -0.25) is 9.69 Å². The van der Waals surface area contributed by atoms with Gasteiger partial charge in [-0.1, -0.05) is 19.1 Å². The molecule has 0 saturated carbocycles. The van der Waals surface area contributed by atoms with E-state index in [1.807, 2.05) is 19.1 Å². The summed E-state index contributed by atoms with van der Waals surface area (Å²) in [5, 5.41) is 0. The number of hydrogen-bond acceptors (Lipinski definition) is 7. The number of nitrogens with zero attached hydrogens (tertiary/aromatic N) is 2. The fraction of sp³-hybridized carbons (Fsp3) is 0.400. The van der Waals surface area contributed by atoms with Gasteiger partial charge in [-0.05, 0) is 74.9 Å². The summed E-state index contributed by atoms with van der Waals surface area (Å²) in [5.41, 5.74) is 3.27. The van der Waals surface area contributed by atoms with Crippen molar-refractivity contribution in [3.05, 3.63) is 70.4 Å². The first-order valence-corrected chi connectivity index (χ1v) is 13.0. The van der Waals surface area contributed by atoms with Gasteiger partial charge in [0.05, 0.1) is 17.9 Å². The molecule has 1 unspecified atom stereocenters. The maximum Gasteiger partial charge on any atom is 0.416 e. The second kappa shape index (κ2) is 14.5. The largest absolute Gasteiger partial charge is 0.462 e. The van der Waals surface area contributed by atoms with Crippen molar-refractivity contribution in [3.63, 3.8) is 0 Å². The molecule has 1 atom stereocenters. The number of halogens is 3. The lowest BCUT2D eigenvalue weighted by molar-refractivity contribution is -0.140. The van der Waals surface area contributed by atoms with E-state index in [1.54, 1.807) is 38.1 Å². The van der Waals surface area contributed by atoms with Gasteiger partial charge in [0.2, 0.25) is 0 Å². The molecule has 0 fully saturated rings. The molecule has 41 heavy (non-hydrogen) atoms. The van der Waals surface area contributed by atoms with Crippen LogP contribution in [0.25, 0.3) is 0 Å². The topological polar surface area (TPSA) is 93.2 Å². The Labute approximate surface area is 237 Å². The highest BCUT2D eigenvalue weighted by Gasteiger charge is 2.36. The van der Waals surface area contributed by atoms with Gasteiger partial charge in [0.25, 0.3) is 0 Å². The van der Waals surface area contributed by atoms with Crippen molar-refractivity contribution >= 4 is 35.5 Å². The molecule has 2 aromatic rings. The van der Waals surface area contributed by atoms with Gasteiger partial charge >= 0.3 is 18.2 Å². The van der Waals surface area contributed by atoms with E-state index in [-0.39, 0.29) is 30.5 Å². The molecule has 2 aromatic carbocycles. The van der Waals surface area contributed by atoms with Crippen LogP contribution in [0.2, 0.25) is 0 Å². The molecule has 8 nitrogen and oxygen atoms in total. The summed E-state index contributed by atoms with van der Waals surface area (Å²) in [6, 6.07) is 9.93. The summed E-state index contributed by atoms with van der Waals surface area (Å²) in [5.74, 6) is -0.748. The fourth-order valence-corrected chi connectivity index (χ4v) is 4.46. The number of amides is 1. The van der Waals surface area contributed by atoms with Crippen LogP contribution in [0.5, 0.6) is 0 Å². The van der Waals surface area contributed by atoms with E-state index in [9.17, 15) is 27.6 Å². The van der Waals surface area contributed by atoms with Crippen LogP contribution in [0.4, 0.5) is 29.3 Å². The second-order valence-electron chi connectivity index (χ2n) is 9.40. The Morgan fingerprint density at radius 1 is 1.22 bits per heavy atom. The molecule has 2 aliphatic rings. The predicted molar refractivity (Wildman–Crippen MR) is 149 cm³/mol. The molecule has 11 heteroatoms. The number of hydrogen-bond donors (Lipinski definition) is 0. The number of cyclic esters (lactones) is 1. The highest BCUT2D eigenvalue weighted by molar-refractivity contribution is 6.16. The predicted octanol–water partition coefficient (Wildman–Crippen LogP) is 6.21. The van der Waals surface area contributed by atoms with E-state index < -0.39 is 23.8 Å². The van der Waals surface area contributed by atoms with Crippen LogP contribution < -0.4 is 9.80 Å². The lowest BCUT2D eigenvalue weighted by atomic mass is 10.00. The molecular formula is C30H35F3N2O6. The number of aldehydes is 1. The van der Waals surface area contributed by atoms with E-state index in [0.717, 1.165) is 35.2 Å². The summed E-state index contributed by atoms with van der Waals surface area (Å²) < 4.78 is 47.7. The van der Waals surface area contributed by atoms with E-state index in [1.165, 1.54) is 37.1 Å². The van der Waals surface area contributed by atoms with Gasteiger partial charge in [0, 0.05) is 31.5 Å². The summed E-state index contributed by atoms with van der Waals surface area (Å²) in [6.45, 7) is 6.80. The molecule has 0 spiro atoms. The highest BCUT2D eigenvalue weighted by atomic mass is 19.4. The molecule has 0 saturated heterocycles. The number of benzene rings is 2. The third kappa shape index (κ3) is 8.42. The molecule has 0 radical (unpaired) electrons. The Morgan fingerprint density at radius 2 is 1.88 bits per heavy atom. The molecule has 1 aliphatic heterocycles. The van der Waals surface area contributed by atoms with Crippen molar-refractivity contribution in [1.82, 2.24) is 0 Å². The first kappa shape index (κ1) is 33.1. The molecule has 4 rings (SSSR count). The highest BCUT2D eigenvalue weighted by Crippen LogP contribution is 2.41. The van der Waals surface area contributed by atoms with Crippen molar-refractivity contribution in [2.45, 2.75) is 59.2 Å². The lowest BCUT2D eigenvalue weighted by Gasteiger charge is -2.27. The minimum absolute atomic E-state index is 0.0272. The number of Topliss-reactive ketones (excluding diaryl/α,β-unsaturated/α-hetero) is 1. The maximum absolute atomic E-state index is 12.6. The Bertz CT molecular complexity index is 1310. The minimum atomic E-state index is -4.20. The van der Waals surface area contributed by atoms with Crippen LogP contribution >= 0.6 is 0 Å². The third-order valence-electron chi connectivity index (χ3n) is 6.53. The standard InChI is InChI=1S/C17H20N2O5.C11H11F3.C2H4O/c1-5-23-16(21)14(11(2)20)9-18(3)13-6-7-15-12(8-13)10-24-17(22)19(15)4;1-7-5-6-9-8(7)3-2-4-10(9)11(12,13)14;1-2-3/h6-9H,5,10H2,1-4H3;2-4,7H,5-6H2,1H3;2H,1H3/b14-9+;;. The molecule has 0 N–H and O–H groups in total. The molecule has 222 valence electrons. The summed E-state index contributed by atoms with van der Waals surface area (Å²) in [4.78, 5) is 47.0.